The fourth-order valence-electron chi connectivity index (χ4n) is 2.19. The first kappa shape index (κ1) is 13.7. The molecule has 6 heteroatoms. The van der Waals surface area contributed by atoms with Crippen molar-refractivity contribution in [3.63, 3.8) is 0 Å². The van der Waals surface area contributed by atoms with Gasteiger partial charge in [0.25, 0.3) is 10.0 Å². The molecule has 1 aliphatic carbocycles. The Morgan fingerprint density at radius 3 is 2.75 bits per heavy atom. The van der Waals surface area contributed by atoms with Crippen LogP contribution in [0, 0.1) is 0 Å². The monoisotopic (exact) mass is 293 g/mol. The lowest BCUT2D eigenvalue weighted by Gasteiger charge is -2.22. The van der Waals surface area contributed by atoms with E-state index in [2.05, 4.69) is 10.3 Å². The second-order valence-corrected chi connectivity index (χ2v) is 7.17. The third kappa shape index (κ3) is 3.08. The van der Waals surface area contributed by atoms with Crippen molar-refractivity contribution in [2.75, 3.05) is 13.1 Å². The van der Waals surface area contributed by atoms with Crippen LogP contribution >= 0.6 is 0 Å². The number of pyridine rings is 1. The molecule has 1 N–H and O–H groups in total. The Morgan fingerprint density at radius 2 is 2.15 bits per heavy atom. The number of hydrogen-bond acceptors (Lipinski definition) is 4. The van der Waals surface area contributed by atoms with Gasteiger partial charge in [0.1, 0.15) is 0 Å². The third-order valence-corrected chi connectivity index (χ3v) is 5.38. The van der Waals surface area contributed by atoms with Crippen LogP contribution in [-0.2, 0) is 16.6 Å². The molecule has 0 aromatic carbocycles. The largest absolute Gasteiger partial charge is 0.310 e. The molecule has 1 aromatic heterocycles. The lowest BCUT2D eigenvalue weighted by atomic mass is 10.3. The predicted octanol–water partition coefficient (Wildman–Crippen LogP) is 1.28. The zero-order valence-corrected chi connectivity index (χ0v) is 12.1. The van der Waals surface area contributed by atoms with Crippen molar-refractivity contribution < 1.29 is 8.42 Å². The van der Waals surface area contributed by atoms with Crippen molar-refractivity contribution >= 4 is 10.0 Å². The fraction of sp³-hybridized carbons (Fsp3) is 0.500. The lowest BCUT2D eigenvalue weighted by Crippen LogP contribution is -2.34. The molecule has 0 amide bonds. The van der Waals surface area contributed by atoms with Gasteiger partial charge in [-0.1, -0.05) is 18.2 Å². The summed E-state index contributed by atoms with van der Waals surface area (Å²) in [5, 5.41) is 3.53. The van der Waals surface area contributed by atoms with Crippen LogP contribution in [0.2, 0.25) is 0 Å². The summed E-state index contributed by atoms with van der Waals surface area (Å²) in [5.41, 5.74) is 1.02. The molecule has 2 aliphatic rings. The average Bonchev–Trinajstić information content (AvgIpc) is 3.31. The van der Waals surface area contributed by atoms with Gasteiger partial charge in [0.05, 0.1) is 0 Å². The molecule has 1 saturated carbocycles. The molecule has 1 aromatic rings. The Hall–Kier alpha value is -1.24. The molecule has 5 nitrogen and oxygen atoms in total. The Labute approximate surface area is 119 Å². The van der Waals surface area contributed by atoms with Crippen LogP contribution in [0.15, 0.2) is 35.5 Å². The van der Waals surface area contributed by atoms with Crippen molar-refractivity contribution in [1.82, 2.24) is 14.6 Å². The molecule has 20 heavy (non-hydrogen) atoms. The van der Waals surface area contributed by atoms with Crippen LogP contribution in [0.5, 0.6) is 0 Å². The van der Waals surface area contributed by atoms with E-state index in [1.165, 1.54) is 17.1 Å². The Morgan fingerprint density at radius 1 is 1.30 bits per heavy atom. The van der Waals surface area contributed by atoms with Crippen molar-refractivity contribution in [3.8, 4) is 0 Å². The molecule has 1 fully saturated rings. The molecule has 108 valence electrons. The Kier molecular flexibility index (Phi) is 3.87. The Bertz CT molecular complexity index is 591. The second-order valence-electron chi connectivity index (χ2n) is 5.28. The summed E-state index contributed by atoms with van der Waals surface area (Å²) in [7, 11) is -3.45. The van der Waals surface area contributed by atoms with Gasteiger partial charge in [0.15, 0.2) is 5.03 Å². The summed E-state index contributed by atoms with van der Waals surface area (Å²) in [6.07, 6.45) is 8.79. The first-order valence-electron chi connectivity index (χ1n) is 7.00. The zero-order chi connectivity index (χ0) is 14.0. The van der Waals surface area contributed by atoms with E-state index < -0.39 is 10.0 Å². The minimum Gasteiger partial charge on any atom is -0.310 e. The number of aromatic nitrogens is 1. The smallest absolute Gasteiger partial charge is 0.260 e. The van der Waals surface area contributed by atoms with Crippen LogP contribution in [-0.4, -0.2) is 36.8 Å². The summed E-state index contributed by atoms with van der Waals surface area (Å²) in [6.45, 7) is 1.73. The van der Waals surface area contributed by atoms with Crippen LogP contribution in [0.4, 0.5) is 0 Å². The van der Waals surface area contributed by atoms with Crippen molar-refractivity contribution in [2.45, 2.75) is 36.9 Å². The maximum atomic E-state index is 12.4. The highest BCUT2D eigenvalue weighted by Crippen LogP contribution is 2.20. The van der Waals surface area contributed by atoms with Crippen molar-refractivity contribution in [1.29, 1.82) is 0 Å². The first-order chi connectivity index (χ1) is 9.66. The molecule has 0 spiro atoms. The molecule has 3 rings (SSSR count). The van der Waals surface area contributed by atoms with Gasteiger partial charge in [-0.05, 0) is 30.9 Å². The van der Waals surface area contributed by atoms with E-state index in [1.807, 2.05) is 18.2 Å². The van der Waals surface area contributed by atoms with E-state index in [-0.39, 0.29) is 5.03 Å². The normalized spacial score (nSPS) is 20.2. The molecule has 2 heterocycles. The standard InChI is InChI=1S/C14H19N3O2S/c18-20(19,17-8-2-1-3-9-17)14-7-4-12(11-16-14)10-15-13-5-6-13/h1-2,4,7,11,13,15H,3,5-6,8-10H2. The summed E-state index contributed by atoms with van der Waals surface area (Å²) in [6, 6.07) is 4.09. The zero-order valence-electron chi connectivity index (χ0n) is 11.3. The van der Waals surface area contributed by atoms with E-state index in [9.17, 15) is 8.42 Å². The third-order valence-electron chi connectivity index (χ3n) is 3.59. The molecule has 0 unspecified atom stereocenters. The Balaban J connectivity index is 1.70. The van der Waals surface area contributed by atoms with Gasteiger partial charge in [-0.2, -0.15) is 4.31 Å². The van der Waals surface area contributed by atoms with E-state index in [0.717, 1.165) is 18.5 Å². The number of sulfonamides is 1. The van der Waals surface area contributed by atoms with Gasteiger partial charge >= 0.3 is 0 Å². The van der Waals surface area contributed by atoms with Crippen LogP contribution in [0.25, 0.3) is 0 Å². The maximum Gasteiger partial charge on any atom is 0.260 e. The highest BCUT2D eigenvalue weighted by molar-refractivity contribution is 7.89. The molecule has 1 aliphatic heterocycles. The summed E-state index contributed by atoms with van der Waals surface area (Å²) >= 11 is 0. The number of nitrogens with one attached hydrogen (secondary N) is 1. The SMILES string of the molecule is O=S(=O)(c1ccc(CNC2CC2)cn1)N1CC=CCC1. The highest BCUT2D eigenvalue weighted by Gasteiger charge is 2.25. The molecule has 0 atom stereocenters. The number of hydrogen-bond donors (Lipinski definition) is 1. The summed E-state index contributed by atoms with van der Waals surface area (Å²) < 4.78 is 26.2. The summed E-state index contributed by atoms with van der Waals surface area (Å²) in [5.74, 6) is 0. The van der Waals surface area contributed by atoms with Crippen LogP contribution in [0.3, 0.4) is 0 Å². The molecule has 0 bridgehead atoms. The minimum absolute atomic E-state index is 0.142. The molecule has 0 saturated heterocycles. The van der Waals surface area contributed by atoms with Gasteiger partial charge in [-0.25, -0.2) is 13.4 Å². The quantitative estimate of drug-likeness (QED) is 0.831. The fourth-order valence-corrected chi connectivity index (χ4v) is 3.51. The second kappa shape index (κ2) is 5.63. The highest BCUT2D eigenvalue weighted by atomic mass is 32.2. The van der Waals surface area contributed by atoms with Gasteiger partial charge in [0.2, 0.25) is 0 Å². The number of rotatable bonds is 5. The topological polar surface area (TPSA) is 62.3 Å². The molecular formula is C14H19N3O2S. The lowest BCUT2D eigenvalue weighted by molar-refractivity contribution is 0.435. The van der Waals surface area contributed by atoms with E-state index in [1.54, 1.807) is 12.3 Å². The van der Waals surface area contributed by atoms with Crippen molar-refractivity contribution in [3.05, 3.63) is 36.0 Å². The van der Waals surface area contributed by atoms with Gasteiger partial charge < -0.3 is 5.32 Å². The van der Waals surface area contributed by atoms with E-state index in [0.29, 0.717) is 19.1 Å². The van der Waals surface area contributed by atoms with Crippen molar-refractivity contribution in [2.24, 2.45) is 0 Å². The number of nitrogens with zero attached hydrogens (tertiary/aromatic N) is 2. The van der Waals surface area contributed by atoms with Gasteiger partial charge in [-0.3, -0.25) is 0 Å². The van der Waals surface area contributed by atoms with E-state index >= 15 is 0 Å². The average molecular weight is 293 g/mol. The van der Waals surface area contributed by atoms with Crippen LogP contribution < -0.4 is 5.32 Å². The maximum absolute atomic E-state index is 12.4. The van der Waals surface area contributed by atoms with Gasteiger partial charge in [0, 0.05) is 31.9 Å². The van der Waals surface area contributed by atoms with Crippen LogP contribution in [0.1, 0.15) is 24.8 Å². The van der Waals surface area contributed by atoms with Gasteiger partial charge in [-0.15, -0.1) is 0 Å². The first-order valence-corrected chi connectivity index (χ1v) is 8.44. The predicted molar refractivity (Wildman–Crippen MR) is 76.6 cm³/mol. The molecular weight excluding hydrogens is 274 g/mol. The molecule has 0 radical (unpaired) electrons. The summed E-state index contributed by atoms with van der Waals surface area (Å²) in [4.78, 5) is 4.13. The minimum atomic E-state index is -3.45. The van der Waals surface area contributed by atoms with E-state index in [4.69, 9.17) is 0 Å².